The molecule has 6 atom stereocenters. The standard InChI is InChI=1S/C40H52P2/c1-29(42(38(2,3)4)39(5,6)7)36-23-15-27-40(36)33-18-13-16-30(17-14-19-33)31-25-26-32(28-31)35-22-11-12-24-37(35)41(40)34-20-9-8-10-21-34/h8-14,16-22,24,29,31-32,36H,15,23,25-28H2,1-7H3/b16-13-,17-14?,18-13?,19-14-,30-16?,30-17-,33-18-,33-19?/t29-,31?,32-,36?,40?,41?/m1/s1. The van der Waals surface area contributed by atoms with Gasteiger partial charge in [0, 0.05) is 5.16 Å². The quantitative estimate of drug-likeness (QED) is 0.310. The molecule has 5 aliphatic rings. The molecule has 0 amide bonds. The van der Waals surface area contributed by atoms with Gasteiger partial charge in [-0.05, 0) is 101 Å². The molecule has 7 rings (SSSR count). The van der Waals surface area contributed by atoms with Gasteiger partial charge >= 0.3 is 0 Å². The highest BCUT2D eigenvalue weighted by Gasteiger charge is 2.56. The highest BCUT2D eigenvalue weighted by atomic mass is 31.1. The molecule has 2 aliphatic heterocycles. The summed E-state index contributed by atoms with van der Waals surface area (Å²) in [6.07, 6.45) is 22.7. The van der Waals surface area contributed by atoms with Gasteiger partial charge in [-0.25, -0.2) is 0 Å². The molecule has 2 heterocycles. The predicted molar refractivity (Wildman–Crippen MR) is 190 cm³/mol. The lowest BCUT2D eigenvalue weighted by Gasteiger charge is -2.53. The van der Waals surface area contributed by atoms with Crippen LogP contribution in [0.15, 0.2) is 102 Å². The summed E-state index contributed by atoms with van der Waals surface area (Å²) < 4.78 is 0. The second kappa shape index (κ2) is 11.6. The van der Waals surface area contributed by atoms with Gasteiger partial charge in [0.25, 0.3) is 0 Å². The van der Waals surface area contributed by atoms with Gasteiger partial charge in [-0.15, -0.1) is 0 Å². The molecule has 0 radical (unpaired) electrons. The zero-order valence-corrected chi connectivity index (χ0v) is 28.9. The molecule has 0 N–H and O–H groups in total. The van der Waals surface area contributed by atoms with E-state index in [9.17, 15) is 0 Å². The van der Waals surface area contributed by atoms with Crippen molar-refractivity contribution in [1.29, 1.82) is 0 Å². The summed E-state index contributed by atoms with van der Waals surface area (Å²) in [6.45, 7) is 17.8. The number of fused-ring (bicyclic) bond motifs is 2. The average molecular weight is 595 g/mol. The molecule has 0 saturated heterocycles. The second-order valence-corrected chi connectivity index (χ2v) is 22.0. The lowest BCUT2D eigenvalue weighted by Crippen LogP contribution is -2.46. The Balaban J connectivity index is 1.66. The van der Waals surface area contributed by atoms with E-state index in [1.807, 2.05) is 0 Å². The molecule has 2 aromatic carbocycles. The molecule has 2 aromatic rings. The van der Waals surface area contributed by atoms with Crippen LogP contribution < -0.4 is 10.6 Å². The van der Waals surface area contributed by atoms with Gasteiger partial charge in [-0.2, -0.15) is 0 Å². The maximum Gasteiger partial charge on any atom is 0.0269 e. The Morgan fingerprint density at radius 1 is 0.786 bits per heavy atom. The van der Waals surface area contributed by atoms with Crippen LogP contribution in [0.2, 0.25) is 0 Å². The Labute approximate surface area is 259 Å². The zero-order chi connectivity index (χ0) is 29.7. The van der Waals surface area contributed by atoms with E-state index in [0.717, 1.165) is 0 Å². The summed E-state index contributed by atoms with van der Waals surface area (Å²) in [6, 6.07) is 21.5. The van der Waals surface area contributed by atoms with Gasteiger partial charge in [-0.1, -0.05) is 154 Å². The van der Waals surface area contributed by atoms with Crippen molar-refractivity contribution < 1.29 is 0 Å². The van der Waals surface area contributed by atoms with Crippen molar-refractivity contribution in [2.75, 3.05) is 0 Å². The monoisotopic (exact) mass is 594 g/mol. The van der Waals surface area contributed by atoms with Crippen molar-refractivity contribution >= 4 is 26.5 Å². The van der Waals surface area contributed by atoms with Crippen LogP contribution in [0.25, 0.3) is 0 Å². The van der Waals surface area contributed by atoms with Crippen molar-refractivity contribution in [1.82, 2.24) is 0 Å². The Morgan fingerprint density at radius 2 is 1.45 bits per heavy atom. The molecular weight excluding hydrogens is 542 g/mol. The van der Waals surface area contributed by atoms with Gasteiger partial charge in [0.1, 0.15) is 0 Å². The Morgan fingerprint density at radius 3 is 2.19 bits per heavy atom. The number of hydrogen-bond donors (Lipinski definition) is 0. The van der Waals surface area contributed by atoms with Crippen LogP contribution in [0.4, 0.5) is 0 Å². The topological polar surface area (TPSA) is 0 Å². The van der Waals surface area contributed by atoms with E-state index in [-0.39, 0.29) is 13.1 Å². The van der Waals surface area contributed by atoms with Crippen LogP contribution in [0.5, 0.6) is 0 Å². The lowest BCUT2D eigenvalue weighted by molar-refractivity contribution is 0.460. The smallest absolute Gasteiger partial charge is 0.0269 e. The predicted octanol–water partition coefficient (Wildman–Crippen LogP) is 11.0. The van der Waals surface area contributed by atoms with Gasteiger partial charge in [0.15, 0.2) is 0 Å². The van der Waals surface area contributed by atoms with Crippen LogP contribution in [0.3, 0.4) is 0 Å². The Hall–Kier alpha value is -1.74. The maximum absolute atomic E-state index is 2.67. The van der Waals surface area contributed by atoms with Gasteiger partial charge in [-0.3, -0.25) is 0 Å². The van der Waals surface area contributed by atoms with Gasteiger partial charge in [0.05, 0.1) is 0 Å². The summed E-state index contributed by atoms with van der Waals surface area (Å²) in [4.78, 5) is 0. The molecule has 2 saturated carbocycles. The molecule has 2 heteroatoms. The Kier molecular flexibility index (Phi) is 8.40. The lowest BCUT2D eigenvalue weighted by atomic mass is 9.83. The fourth-order valence-corrected chi connectivity index (χ4v) is 19.0. The van der Waals surface area contributed by atoms with Crippen LogP contribution in [0.1, 0.15) is 98.5 Å². The first-order valence-electron chi connectivity index (χ1n) is 16.5. The number of benzene rings is 2. The summed E-state index contributed by atoms with van der Waals surface area (Å²) in [5, 5.41) is 3.95. The summed E-state index contributed by atoms with van der Waals surface area (Å²) in [5.74, 6) is 1.96. The fourth-order valence-electron chi connectivity index (χ4n) is 9.79. The minimum absolute atomic E-state index is 0.104. The summed E-state index contributed by atoms with van der Waals surface area (Å²) in [5.41, 5.74) is 5.44. The van der Waals surface area contributed by atoms with E-state index in [1.165, 1.54) is 44.1 Å². The SMILES string of the molecule is C[C@H](C1CCCC12C1=C\C=C/C(=C/C=C\1)C1CC[C@H](C1)c1ccccc1P2c1ccccc1)P(C(C)(C)C)C(C)(C)C. The zero-order valence-electron chi connectivity index (χ0n) is 27.1. The van der Waals surface area contributed by atoms with Crippen molar-refractivity contribution in [2.24, 2.45) is 11.8 Å². The normalized spacial score (nSPS) is 34.0. The molecule has 0 nitrogen and oxygen atoms in total. The minimum atomic E-state index is -0.641. The molecular formula is C40H52P2. The van der Waals surface area contributed by atoms with E-state index < -0.39 is 7.92 Å². The largest absolute Gasteiger partial charge is 0.0924 e. The summed E-state index contributed by atoms with van der Waals surface area (Å²) in [7, 11) is -0.893. The van der Waals surface area contributed by atoms with Crippen molar-refractivity contribution in [3.8, 4) is 0 Å². The van der Waals surface area contributed by atoms with Crippen molar-refractivity contribution in [3.05, 3.63) is 108 Å². The fraction of sp³-hybridized carbons (Fsp3) is 0.500. The molecule has 222 valence electrons. The molecule has 1 spiro atoms. The summed E-state index contributed by atoms with van der Waals surface area (Å²) >= 11 is 0. The maximum atomic E-state index is 2.67. The first-order chi connectivity index (χ1) is 20.0. The van der Waals surface area contributed by atoms with Crippen molar-refractivity contribution in [3.63, 3.8) is 0 Å². The van der Waals surface area contributed by atoms with E-state index in [0.29, 0.717) is 33.7 Å². The molecule has 2 fully saturated rings. The Bertz CT molecular complexity index is 1380. The highest BCUT2D eigenvalue weighted by molar-refractivity contribution is 7.75. The van der Waals surface area contributed by atoms with E-state index in [1.54, 1.807) is 21.7 Å². The first-order valence-corrected chi connectivity index (χ1v) is 19.3. The van der Waals surface area contributed by atoms with E-state index in [2.05, 4.69) is 140 Å². The van der Waals surface area contributed by atoms with Gasteiger partial charge in [0.2, 0.25) is 0 Å². The third kappa shape index (κ3) is 5.39. The van der Waals surface area contributed by atoms with Gasteiger partial charge < -0.3 is 0 Å². The van der Waals surface area contributed by atoms with Crippen LogP contribution in [-0.2, 0) is 0 Å². The highest BCUT2D eigenvalue weighted by Crippen LogP contribution is 2.72. The van der Waals surface area contributed by atoms with Crippen LogP contribution in [0, 0.1) is 11.8 Å². The third-order valence-electron chi connectivity index (χ3n) is 10.7. The molecule has 42 heavy (non-hydrogen) atoms. The number of hydrogen-bond acceptors (Lipinski definition) is 0. The molecule has 4 unspecified atom stereocenters. The number of rotatable bonds is 3. The van der Waals surface area contributed by atoms with Crippen LogP contribution >= 0.6 is 15.8 Å². The molecule has 0 aromatic heterocycles. The van der Waals surface area contributed by atoms with Crippen LogP contribution in [-0.4, -0.2) is 21.1 Å². The van der Waals surface area contributed by atoms with Crippen molar-refractivity contribution in [2.45, 2.75) is 114 Å². The first kappa shape index (κ1) is 30.3. The minimum Gasteiger partial charge on any atom is -0.0924 e. The third-order valence-corrected chi connectivity index (χ3v) is 18.1. The van der Waals surface area contributed by atoms with E-state index >= 15 is 0 Å². The number of allylic oxidation sites excluding steroid dienone is 8. The molecule has 3 aliphatic carbocycles. The average Bonchev–Trinajstić information content (AvgIpc) is 3.56. The second-order valence-electron chi connectivity index (χ2n) is 15.3. The van der Waals surface area contributed by atoms with E-state index in [4.69, 9.17) is 0 Å². The molecule has 4 bridgehead atoms.